The fraction of sp³-hybridized carbons (Fsp3) is 0.467. The van der Waals surface area contributed by atoms with Gasteiger partial charge in [-0.25, -0.2) is 0 Å². The van der Waals surface area contributed by atoms with Crippen LogP contribution in [0.15, 0.2) is 72.5 Å². The number of rotatable bonds is 12. The maximum atomic E-state index is 6.39. The Balaban J connectivity index is 1.32. The zero-order valence-electron chi connectivity index (χ0n) is 20.9. The summed E-state index contributed by atoms with van der Waals surface area (Å²) in [5.41, 5.74) is 2.55. The molecule has 2 aromatic carbocycles. The van der Waals surface area contributed by atoms with Crippen LogP contribution in [0, 0.1) is 5.92 Å². The topological polar surface area (TPSA) is 33.7 Å². The summed E-state index contributed by atoms with van der Waals surface area (Å²) in [6, 6.07) is 16.6. The summed E-state index contributed by atoms with van der Waals surface area (Å²) < 4.78 is 12.4. The van der Waals surface area contributed by atoms with Gasteiger partial charge in [0, 0.05) is 56.0 Å². The number of nitrogens with one attached hydrogen (secondary N) is 1. The van der Waals surface area contributed by atoms with Crippen LogP contribution < -0.4 is 10.1 Å². The van der Waals surface area contributed by atoms with E-state index in [9.17, 15) is 0 Å². The van der Waals surface area contributed by atoms with Crippen LogP contribution in [0.4, 0.5) is 0 Å². The highest BCUT2D eigenvalue weighted by Crippen LogP contribution is 2.38. The van der Waals surface area contributed by atoms with E-state index < -0.39 is 0 Å². The Hall–Kier alpha value is -2.27. The van der Waals surface area contributed by atoms with Gasteiger partial charge in [-0.15, -0.1) is 0 Å². The van der Waals surface area contributed by atoms with Crippen molar-refractivity contribution >= 4 is 11.6 Å². The fourth-order valence-electron chi connectivity index (χ4n) is 4.90. The van der Waals surface area contributed by atoms with Gasteiger partial charge in [-0.2, -0.15) is 0 Å². The van der Waals surface area contributed by atoms with E-state index in [1.807, 2.05) is 12.1 Å². The highest BCUT2D eigenvalue weighted by molar-refractivity contribution is 6.30. The molecule has 0 aromatic heterocycles. The first-order valence-corrected chi connectivity index (χ1v) is 13.5. The predicted molar refractivity (Wildman–Crippen MR) is 145 cm³/mol. The predicted octanol–water partition coefficient (Wildman–Crippen LogP) is 6.23. The highest BCUT2D eigenvalue weighted by atomic mass is 35.5. The number of allylic oxidation sites excluding steroid dienone is 4. The van der Waals surface area contributed by atoms with Gasteiger partial charge in [0.05, 0.1) is 12.4 Å². The van der Waals surface area contributed by atoms with Crippen LogP contribution in [-0.2, 0) is 11.2 Å². The molecule has 2 aromatic rings. The molecule has 1 heterocycles. The highest BCUT2D eigenvalue weighted by Gasteiger charge is 2.27. The third-order valence-corrected chi connectivity index (χ3v) is 7.22. The van der Waals surface area contributed by atoms with Gasteiger partial charge in [0.2, 0.25) is 0 Å². The molecule has 1 N–H and O–H groups in total. The Kier molecular flexibility index (Phi) is 10.1. The molecular weight excluding hydrogens is 456 g/mol. The molecule has 35 heavy (non-hydrogen) atoms. The molecule has 4 rings (SSSR count). The first-order valence-electron chi connectivity index (χ1n) is 13.1. The maximum absolute atomic E-state index is 6.39. The molecule has 0 amide bonds. The molecule has 2 unspecified atom stereocenters. The third kappa shape index (κ3) is 7.86. The average Bonchev–Trinajstić information content (AvgIpc) is 2.90. The zero-order valence-corrected chi connectivity index (χ0v) is 21.7. The molecular formula is C30H39ClN2O2. The van der Waals surface area contributed by atoms with Gasteiger partial charge in [0.15, 0.2) is 0 Å². The van der Waals surface area contributed by atoms with E-state index in [0.717, 1.165) is 68.7 Å². The lowest BCUT2D eigenvalue weighted by atomic mass is 9.79. The molecule has 5 heteroatoms. The number of unbranched alkanes of at least 4 members (excludes halogenated alkanes) is 1. The van der Waals surface area contributed by atoms with Crippen LogP contribution in [-0.4, -0.2) is 50.8 Å². The molecule has 1 aliphatic carbocycles. The van der Waals surface area contributed by atoms with E-state index in [-0.39, 0.29) is 0 Å². The second-order valence-electron chi connectivity index (χ2n) is 9.46. The summed E-state index contributed by atoms with van der Waals surface area (Å²) >= 11 is 5.97. The second-order valence-corrected chi connectivity index (χ2v) is 9.90. The molecule has 1 aliphatic heterocycles. The number of hydrogen-bond acceptors (Lipinski definition) is 4. The lowest BCUT2D eigenvalue weighted by molar-refractivity contribution is 0.123. The minimum Gasteiger partial charge on any atom is -0.496 e. The van der Waals surface area contributed by atoms with Crippen molar-refractivity contribution in [3.05, 3.63) is 88.7 Å². The number of nitrogens with zero attached hydrogens (tertiary/aromatic N) is 1. The quantitative estimate of drug-likeness (QED) is 0.379. The van der Waals surface area contributed by atoms with Crippen molar-refractivity contribution in [3.8, 4) is 5.75 Å². The van der Waals surface area contributed by atoms with Crippen LogP contribution in [0.5, 0.6) is 5.75 Å². The molecule has 0 radical (unpaired) electrons. The van der Waals surface area contributed by atoms with Gasteiger partial charge in [-0.1, -0.05) is 67.8 Å². The molecule has 4 nitrogen and oxygen atoms in total. The van der Waals surface area contributed by atoms with E-state index in [0.29, 0.717) is 18.4 Å². The van der Waals surface area contributed by atoms with Crippen molar-refractivity contribution in [2.75, 3.05) is 45.9 Å². The number of hydrogen-bond donors (Lipinski definition) is 1. The molecule has 0 bridgehead atoms. The van der Waals surface area contributed by atoms with Crippen molar-refractivity contribution < 1.29 is 9.47 Å². The molecule has 2 aliphatic rings. The van der Waals surface area contributed by atoms with E-state index in [1.54, 1.807) is 0 Å². The SMILES string of the molecule is CCCCC1C(OCCN2CCNCC2)=CC=CC1c1ccc(OCCc2ccc(Cl)cc2)cc1. The minimum atomic E-state index is 0.337. The lowest BCUT2D eigenvalue weighted by Crippen LogP contribution is -2.44. The van der Waals surface area contributed by atoms with Gasteiger partial charge < -0.3 is 14.8 Å². The second kappa shape index (κ2) is 13.7. The number of halogens is 1. The van der Waals surface area contributed by atoms with Gasteiger partial charge >= 0.3 is 0 Å². The first kappa shape index (κ1) is 25.8. The monoisotopic (exact) mass is 494 g/mol. The van der Waals surface area contributed by atoms with Crippen molar-refractivity contribution in [1.82, 2.24) is 10.2 Å². The Bertz CT molecular complexity index is 949. The largest absolute Gasteiger partial charge is 0.496 e. The van der Waals surface area contributed by atoms with Crippen LogP contribution in [0.1, 0.15) is 43.2 Å². The van der Waals surface area contributed by atoms with Crippen LogP contribution in [0.25, 0.3) is 0 Å². The van der Waals surface area contributed by atoms with Gasteiger partial charge in [0.1, 0.15) is 12.4 Å². The molecule has 1 saturated heterocycles. The van der Waals surface area contributed by atoms with E-state index in [2.05, 4.69) is 71.8 Å². The standard InChI is InChI=1S/C30H39ClN2O2/c1-2-3-5-29-28(6-4-7-30(29)35-23-21-33-19-17-32-18-20-33)25-10-14-27(15-11-25)34-22-16-24-8-12-26(31)13-9-24/h4,6-15,28-29,32H,2-3,5,16-23H2,1H3. The van der Waals surface area contributed by atoms with E-state index >= 15 is 0 Å². The summed E-state index contributed by atoms with van der Waals surface area (Å²) in [7, 11) is 0. The Labute approximate surface area is 216 Å². The normalized spacial score (nSPS) is 20.5. The maximum Gasteiger partial charge on any atom is 0.119 e. The third-order valence-electron chi connectivity index (χ3n) is 6.97. The summed E-state index contributed by atoms with van der Waals surface area (Å²) in [6.45, 7) is 9.04. The van der Waals surface area contributed by atoms with Gasteiger partial charge in [-0.05, 0) is 47.9 Å². The van der Waals surface area contributed by atoms with Gasteiger partial charge in [-0.3, -0.25) is 4.90 Å². The molecule has 0 spiro atoms. The summed E-state index contributed by atoms with van der Waals surface area (Å²) in [5, 5.41) is 4.18. The van der Waals surface area contributed by atoms with Crippen molar-refractivity contribution in [2.24, 2.45) is 5.92 Å². The van der Waals surface area contributed by atoms with Crippen LogP contribution >= 0.6 is 11.6 Å². The Morgan fingerprint density at radius 1 is 0.971 bits per heavy atom. The molecule has 188 valence electrons. The number of piperazine rings is 1. The first-order chi connectivity index (χ1) is 17.2. The van der Waals surface area contributed by atoms with E-state index in [1.165, 1.54) is 24.0 Å². The van der Waals surface area contributed by atoms with Crippen LogP contribution in [0.2, 0.25) is 5.02 Å². The zero-order chi connectivity index (χ0) is 24.3. The molecule has 0 saturated carbocycles. The van der Waals surface area contributed by atoms with Gasteiger partial charge in [0.25, 0.3) is 0 Å². The van der Waals surface area contributed by atoms with E-state index in [4.69, 9.17) is 21.1 Å². The minimum absolute atomic E-state index is 0.337. The molecule has 1 fully saturated rings. The van der Waals surface area contributed by atoms with Crippen LogP contribution in [0.3, 0.4) is 0 Å². The van der Waals surface area contributed by atoms with Crippen molar-refractivity contribution in [3.63, 3.8) is 0 Å². The van der Waals surface area contributed by atoms with Crippen molar-refractivity contribution in [2.45, 2.75) is 38.5 Å². The lowest BCUT2D eigenvalue weighted by Gasteiger charge is -2.31. The fourth-order valence-corrected chi connectivity index (χ4v) is 5.03. The molecule has 2 atom stereocenters. The van der Waals surface area contributed by atoms with Crippen molar-refractivity contribution in [1.29, 1.82) is 0 Å². The summed E-state index contributed by atoms with van der Waals surface area (Å²) in [5.74, 6) is 2.78. The number of ether oxygens (including phenoxy) is 2. The Morgan fingerprint density at radius 3 is 2.49 bits per heavy atom. The average molecular weight is 495 g/mol. The smallest absolute Gasteiger partial charge is 0.119 e. The summed E-state index contributed by atoms with van der Waals surface area (Å²) in [4.78, 5) is 2.49. The summed E-state index contributed by atoms with van der Waals surface area (Å²) in [6.07, 6.45) is 11.1. The Morgan fingerprint density at radius 2 is 1.74 bits per heavy atom. The number of benzene rings is 2.